The van der Waals surface area contributed by atoms with Gasteiger partial charge in [0.2, 0.25) is 0 Å². The van der Waals surface area contributed by atoms with Gasteiger partial charge >= 0.3 is 0 Å². The first kappa shape index (κ1) is 20.0. The van der Waals surface area contributed by atoms with Gasteiger partial charge in [-0.05, 0) is 13.3 Å². The fraction of sp³-hybridized carbons (Fsp3) is 1.00. The van der Waals surface area contributed by atoms with E-state index in [-0.39, 0.29) is 30.9 Å². The molecule has 0 fully saturated rings. The molecule has 90 valence electrons. The van der Waals surface area contributed by atoms with Gasteiger partial charge in [0.1, 0.15) is 0 Å². The van der Waals surface area contributed by atoms with Crippen LogP contribution in [0.25, 0.3) is 0 Å². The average Bonchev–Trinajstić information content (AvgIpc) is 2.10. The molecule has 0 aromatic heterocycles. The summed E-state index contributed by atoms with van der Waals surface area (Å²) in [7, 11) is 0. The lowest BCUT2D eigenvalue weighted by atomic mass is 10.1. The van der Waals surface area contributed by atoms with Crippen LogP contribution in [0.5, 0.6) is 0 Å². The summed E-state index contributed by atoms with van der Waals surface area (Å²) in [6.45, 7) is 4.26. The van der Waals surface area contributed by atoms with Gasteiger partial charge in [-0.1, -0.05) is 45.4 Å². The molecule has 0 amide bonds. The predicted octanol–water partition coefficient (Wildman–Crippen LogP) is 3.86. The molecule has 0 aliphatic carbocycles. The molecule has 0 saturated carbocycles. The van der Waals surface area contributed by atoms with Crippen molar-refractivity contribution in [1.29, 1.82) is 0 Å². The van der Waals surface area contributed by atoms with Crippen LogP contribution in [0.15, 0.2) is 0 Å². The maximum Gasteiger partial charge on any atom is 0.0759 e. The van der Waals surface area contributed by atoms with E-state index in [2.05, 4.69) is 11.8 Å². The molecule has 0 rings (SSSR count). The zero-order valence-electron chi connectivity index (χ0n) is 9.33. The Balaban J connectivity index is -0.000000605. The molecule has 0 aromatic carbocycles. The van der Waals surface area contributed by atoms with Crippen LogP contribution in [-0.2, 0) is 4.84 Å². The lowest BCUT2D eigenvalue weighted by Crippen LogP contribution is -2.12. The fourth-order valence-electron chi connectivity index (χ4n) is 1.28. The number of nitrogens with two attached hydrogens (primary N) is 1. The largest absolute Gasteiger partial charge is 0.302 e. The fourth-order valence-corrected chi connectivity index (χ4v) is 1.28. The minimum absolute atomic E-state index is 0. The Morgan fingerprint density at radius 1 is 1.00 bits per heavy atom. The lowest BCUT2D eigenvalue weighted by Gasteiger charge is -2.07. The van der Waals surface area contributed by atoms with E-state index in [0.29, 0.717) is 0 Å². The van der Waals surface area contributed by atoms with Gasteiger partial charge in [-0.25, -0.2) is 5.90 Å². The third kappa shape index (κ3) is 15.0. The number of halogens is 2. The van der Waals surface area contributed by atoms with Crippen molar-refractivity contribution in [2.45, 2.75) is 64.9 Å². The van der Waals surface area contributed by atoms with Crippen molar-refractivity contribution in [3.05, 3.63) is 0 Å². The van der Waals surface area contributed by atoms with E-state index in [1.165, 1.54) is 38.5 Å². The molecule has 2 N–H and O–H groups in total. The zero-order chi connectivity index (χ0) is 9.23. The van der Waals surface area contributed by atoms with Crippen LogP contribution in [0.4, 0.5) is 0 Å². The predicted molar refractivity (Wildman–Crippen MR) is 67.2 cm³/mol. The molecule has 0 radical (unpaired) electrons. The van der Waals surface area contributed by atoms with E-state index in [4.69, 9.17) is 5.90 Å². The first-order chi connectivity index (χ1) is 5.81. The summed E-state index contributed by atoms with van der Waals surface area (Å²) in [5.74, 6) is 5.03. The minimum atomic E-state index is 0. The molecule has 1 atom stereocenters. The minimum Gasteiger partial charge on any atom is -0.302 e. The van der Waals surface area contributed by atoms with Crippen LogP contribution < -0.4 is 5.90 Å². The molecule has 0 aliphatic heterocycles. The lowest BCUT2D eigenvalue weighted by molar-refractivity contribution is 0.0588. The number of unbranched alkanes of at least 4 members (excludes halogenated alkanes) is 5. The van der Waals surface area contributed by atoms with E-state index in [1.54, 1.807) is 0 Å². The summed E-state index contributed by atoms with van der Waals surface area (Å²) in [5.41, 5.74) is 0. The molecular weight excluding hydrogens is 221 g/mol. The van der Waals surface area contributed by atoms with Crippen molar-refractivity contribution < 1.29 is 4.84 Å². The Hall–Kier alpha value is 0.500. The molecular formula is C10H25Cl2NO. The molecule has 0 heterocycles. The van der Waals surface area contributed by atoms with Crippen LogP contribution in [0, 0.1) is 0 Å². The summed E-state index contributed by atoms with van der Waals surface area (Å²) in [6.07, 6.45) is 9.36. The van der Waals surface area contributed by atoms with Gasteiger partial charge in [-0.15, -0.1) is 24.8 Å². The summed E-state index contributed by atoms with van der Waals surface area (Å²) in [4.78, 5) is 4.68. The van der Waals surface area contributed by atoms with Crippen molar-refractivity contribution in [3.8, 4) is 0 Å². The quantitative estimate of drug-likeness (QED) is 0.521. The highest BCUT2D eigenvalue weighted by Gasteiger charge is 1.98. The third-order valence-corrected chi connectivity index (χ3v) is 2.20. The molecule has 0 aromatic rings. The van der Waals surface area contributed by atoms with Crippen LogP contribution in [0.3, 0.4) is 0 Å². The molecule has 0 spiro atoms. The number of hydrogen-bond donors (Lipinski definition) is 1. The molecule has 0 aliphatic rings. The van der Waals surface area contributed by atoms with Gasteiger partial charge in [0.15, 0.2) is 0 Å². The SMILES string of the molecule is CCCCCCCCC(C)ON.Cl.Cl. The monoisotopic (exact) mass is 245 g/mol. The van der Waals surface area contributed by atoms with E-state index >= 15 is 0 Å². The Kier molecular flexibility index (Phi) is 22.8. The Labute approximate surface area is 101 Å². The van der Waals surface area contributed by atoms with Crippen LogP contribution in [0.1, 0.15) is 58.8 Å². The van der Waals surface area contributed by atoms with E-state index in [9.17, 15) is 0 Å². The molecule has 1 unspecified atom stereocenters. The van der Waals surface area contributed by atoms with Crippen LogP contribution >= 0.6 is 24.8 Å². The van der Waals surface area contributed by atoms with E-state index in [1.807, 2.05) is 6.92 Å². The van der Waals surface area contributed by atoms with E-state index in [0.717, 1.165) is 6.42 Å². The normalized spacial score (nSPS) is 11.4. The van der Waals surface area contributed by atoms with Crippen LogP contribution in [0.2, 0.25) is 0 Å². The second-order valence-electron chi connectivity index (χ2n) is 3.50. The van der Waals surface area contributed by atoms with Crippen molar-refractivity contribution in [2.75, 3.05) is 0 Å². The highest BCUT2D eigenvalue weighted by atomic mass is 35.5. The van der Waals surface area contributed by atoms with E-state index < -0.39 is 0 Å². The standard InChI is InChI=1S/C10H23NO.2ClH/c1-3-4-5-6-7-8-9-10(2)12-11;;/h10H,3-9,11H2,1-2H3;2*1H. The molecule has 0 saturated heterocycles. The third-order valence-electron chi connectivity index (χ3n) is 2.20. The maximum atomic E-state index is 5.03. The Bertz CT molecular complexity index is 94.2. The van der Waals surface area contributed by atoms with Crippen molar-refractivity contribution in [2.24, 2.45) is 5.90 Å². The highest BCUT2D eigenvalue weighted by molar-refractivity contribution is 5.85. The average molecular weight is 246 g/mol. The number of rotatable bonds is 8. The molecule has 14 heavy (non-hydrogen) atoms. The first-order valence-corrected chi connectivity index (χ1v) is 5.16. The molecule has 2 nitrogen and oxygen atoms in total. The van der Waals surface area contributed by atoms with Crippen LogP contribution in [-0.4, -0.2) is 6.10 Å². The van der Waals surface area contributed by atoms with Gasteiger partial charge in [0.05, 0.1) is 6.10 Å². The second-order valence-corrected chi connectivity index (χ2v) is 3.50. The maximum absolute atomic E-state index is 5.03. The summed E-state index contributed by atoms with van der Waals surface area (Å²) >= 11 is 0. The molecule has 0 bridgehead atoms. The summed E-state index contributed by atoms with van der Waals surface area (Å²) in [5, 5.41) is 0. The molecule has 4 heteroatoms. The number of hydrogen-bond acceptors (Lipinski definition) is 2. The van der Waals surface area contributed by atoms with Gasteiger partial charge < -0.3 is 4.84 Å². The van der Waals surface area contributed by atoms with Gasteiger partial charge in [-0.2, -0.15) is 0 Å². The van der Waals surface area contributed by atoms with Crippen molar-refractivity contribution in [1.82, 2.24) is 0 Å². The van der Waals surface area contributed by atoms with Gasteiger partial charge in [0, 0.05) is 0 Å². The summed E-state index contributed by atoms with van der Waals surface area (Å²) < 4.78 is 0. The first-order valence-electron chi connectivity index (χ1n) is 5.16. The smallest absolute Gasteiger partial charge is 0.0759 e. The van der Waals surface area contributed by atoms with Gasteiger partial charge in [-0.3, -0.25) is 0 Å². The Morgan fingerprint density at radius 2 is 1.50 bits per heavy atom. The highest BCUT2D eigenvalue weighted by Crippen LogP contribution is 2.08. The van der Waals surface area contributed by atoms with Crippen molar-refractivity contribution in [3.63, 3.8) is 0 Å². The topological polar surface area (TPSA) is 35.2 Å². The summed E-state index contributed by atoms with van der Waals surface area (Å²) in [6, 6.07) is 0. The second kappa shape index (κ2) is 15.9. The Morgan fingerprint density at radius 3 is 2.00 bits per heavy atom. The van der Waals surface area contributed by atoms with Gasteiger partial charge in [0.25, 0.3) is 0 Å². The zero-order valence-corrected chi connectivity index (χ0v) is 11.0. The van der Waals surface area contributed by atoms with Crippen molar-refractivity contribution >= 4 is 24.8 Å².